The maximum Gasteiger partial charge on any atom is 0.127 e. The Kier molecular flexibility index (Phi) is 5.42. The lowest BCUT2D eigenvalue weighted by Gasteiger charge is -2.21. The van der Waals surface area contributed by atoms with Crippen LogP contribution in [0.25, 0.3) is 0 Å². The molecule has 1 aromatic carbocycles. The summed E-state index contributed by atoms with van der Waals surface area (Å²) < 4.78 is 13.6. The highest BCUT2D eigenvalue weighted by Crippen LogP contribution is 2.12. The van der Waals surface area contributed by atoms with Crippen molar-refractivity contribution in [3.8, 4) is 0 Å². The van der Waals surface area contributed by atoms with Gasteiger partial charge in [0.15, 0.2) is 0 Å². The monoisotopic (exact) mass is 270 g/mol. The number of hydrogen-bond donors (Lipinski definition) is 0. The lowest BCUT2D eigenvalue weighted by molar-refractivity contribution is 0.255. The highest BCUT2D eigenvalue weighted by molar-refractivity contribution is 6.18. The highest BCUT2D eigenvalue weighted by Gasteiger charge is 2.15. The van der Waals surface area contributed by atoms with Gasteiger partial charge in [0.2, 0.25) is 0 Å². The van der Waals surface area contributed by atoms with E-state index in [0.717, 1.165) is 44.7 Å². The van der Waals surface area contributed by atoms with E-state index >= 15 is 0 Å². The second-order valence-corrected chi connectivity index (χ2v) is 5.13. The third kappa shape index (κ3) is 3.94. The van der Waals surface area contributed by atoms with Gasteiger partial charge in [0.05, 0.1) is 0 Å². The molecule has 0 atom stereocenters. The summed E-state index contributed by atoms with van der Waals surface area (Å²) in [5.41, 5.74) is 0.795. The fraction of sp³-hybridized carbons (Fsp3) is 0.571. The third-order valence-electron chi connectivity index (χ3n) is 3.43. The zero-order valence-corrected chi connectivity index (χ0v) is 11.4. The van der Waals surface area contributed by atoms with Gasteiger partial charge >= 0.3 is 0 Å². The average molecular weight is 271 g/mol. The van der Waals surface area contributed by atoms with E-state index in [1.54, 1.807) is 6.07 Å². The predicted octanol–water partition coefficient (Wildman–Crippen LogP) is 2.57. The first-order valence-corrected chi connectivity index (χ1v) is 7.07. The first-order valence-electron chi connectivity index (χ1n) is 6.53. The third-order valence-corrected chi connectivity index (χ3v) is 3.60. The van der Waals surface area contributed by atoms with Crippen molar-refractivity contribution in [1.29, 1.82) is 0 Å². The molecule has 0 radical (unpaired) electrons. The average Bonchev–Trinajstić information content (AvgIpc) is 2.59. The molecule has 0 amide bonds. The summed E-state index contributed by atoms with van der Waals surface area (Å²) >= 11 is 5.77. The lowest BCUT2D eigenvalue weighted by atomic mass is 10.2. The molecule has 1 saturated heterocycles. The van der Waals surface area contributed by atoms with Crippen LogP contribution in [-0.4, -0.2) is 48.4 Å². The Morgan fingerprint density at radius 1 is 1.06 bits per heavy atom. The van der Waals surface area contributed by atoms with E-state index in [9.17, 15) is 4.39 Å². The van der Waals surface area contributed by atoms with Crippen LogP contribution in [0.1, 0.15) is 12.0 Å². The number of alkyl halides is 1. The molecule has 0 bridgehead atoms. The summed E-state index contributed by atoms with van der Waals surface area (Å²) in [5, 5.41) is 0. The summed E-state index contributed by atoms with van der Waals surface area (Å²) in [5.74, 6) is 0.590. The van der Waals surface area contributed by atoms with E-state index in [4.69, 9.17) is 11.6 Å². The molecule has 1 aliphatic heterocycles. The second-order valence-electron chi connectivity index (χ2n) is 4.75. The van der Waals surface area contributed by atoms with E-state index in [2.05, 4.69) is 9.80 Å². The molecular formula is C14H20ClFN2. The highest BCUT2D eigenvalue weighted by atomic mass is 35.5. The van der Waals surface area contributed by atoms with Gasteiger partial charge in [-0.05, 0) is 25.6 Å². The molecule has 18 heavy (non-hydrogen) atoms. The van der Waals surface area contributed by atoms with Gasteiger partial charge in [0.25, 0.3) is 0 Å². The van der Waals surface area contributed by atoms with Gasteiger partial charge in [-0.3, -0.25) is 4.90 Å². The van der Waals surface area contributed by atoms with Crippen LogP contribution >= 0.6 is 11.6 Å². The van der Waals surface area contributed by atoms with Crippen molar-refractivity contribution in [2.24, 2.45) is 0 Å². The minimum Gasteiger partial charge on any atom is -0.301 e. The van der Waals surface area contributed by atoms with Gasteiger partial charge in [-0.25, -0.2) is 4.39 Å². The van der Waals surface area contributed by atoms with Crippen LogP contribution in [0.3, 0.4) is 0 Å². The van der Waals surface area contributed by atoms with Crippen molar-refractivity contribution >= 4 is 11.6 Å². The Balaban J connectivity index is 1.89. The summed E-state index contributed by atoms with van der Waals surface area (Å²) in [6.07, 6.45) is 1.13. The Labute approximate surface area is 113 Å². The van der Waals surface area contributed by atoms with Gasteiger partial charge in [-0.1, -0.05) is 18.2 Å². The van der Waals surface area contributed by atoms with E-state index in [-0.39, 0.29) is 5.82 Å². The smallest absolute Gasteiger partial charge is 0.127 e. The number of benzene rings is 1. The largest absolute Gasteiger partial charge is 0.301 e. The Bertz CT molecular complexity index is 373. The van der Waals surface area contributed by atoms with Crippen LogP contribution < -0.4 is 0 Å². The Hall–Kier alpha value is -0.640. The van der Waals surface area contributed by atoms with Crippen LogP contribution in [0.5, 0.6) is 0 Å². The van der Waals surface area contributed by atoms with Gasteiger partial charge < -0.3 is 4.90 Å². The molecule has 0 spiro atoms. The van der Waals surface area contributed by atoms with Gasteiger partial charge in [0.1, 0.15) is 5.82 Å². The molecule has 1 aliphatic rings. The number of halogens is 2. The molecular weight excluding hydrogens is 251 g/mol. The van der Waals surface area contributed by atoms with E-state index < -0.39 is 0 Å². The van der Waals surface area contributed by atoms with Gasteiger partial charge in [-0.2, -0.15) is 0 Å². The first-order chi connectivity index (χ1) is 8.79. The van der Waals surface area contributed by atoms with Crippen LogP contribution in [-0.2, 0) is 6.54 Å². The van der Waals surface area contributed by atoms with E-state index in [0.29, 0.717) is 12.4 Å². The topological polar surface area (TPSA) is 6.48 Å². The molecule has 0 aliphatic carbocycles. The fourth-order valence-electron chi connectivity index (χ4n) is 2.39. The van der Waals surface area contributed by atoms with Crippen molar-refractivity contribution in [2.45, 2.75) is 13.0 Å². The van der Waals surface area contributed by atoms with Gasteiger partial charge in [-0.15, -0.1) is 11.6 Å². The summed E-state index contributed by atoms with van der Waals surface area (Å²) in [7, 11) is 0. The molecule has 1 aromatic rings. The van der Waals surface area contributed by atoms with Crippen molar-refractivity contribution in [2.75, 3.05) is 38.6 Å². The number of hydrogen-bond acceptors (Lipinski definition) is 2. The molecule has 1 fully saturated rings. The van der Waals surface area contributed by atoms with Crippen molar-refractivity contribution in [3.05, 3.63) is 35.6 Å². The Morgan fingerprint density at radius 2 is 1.78 bits per heavy atom. The molecule has 0 aromatic heterocycles. The maximum atomic E-state index is 13.6. The van der Waals surface area contributed by atoms with Gasteiger partial charge in [0, 0.05) is 37.6 Å². The van der Waals surface area contributed by atoms with Crippen LogP contribution in [0.15, 0.2) is 24.3 Å². The molecule has 0 N–H and O–H groups in total. The summed E-state index contributed by atoms with van der Waals surface area (Å²) in [6, 6.07) is 7.04. The molecule has 0 unspecified atom stereocenters. The molecule has 4 heteroatoms. The molecule has 0 saturated carbocycles. The zero-order chi connectivity index (χ0) is 12.8. The minimum atomic E-state index is -0.0978. The van der Waals surface area contributed by atoms with Crippen LogP contribution in [0.4, 0.5) is 4.39 Å². The zero-order valence-electron chi connectivity index (χ0n) is 10.6. The molecule has 100 valence electrons. The first kappa shape index (κ1) is 13.8. The fourth-order valence-corrected chi connectivity index (χ4v) is 2.63. The van der Waals surface area contributed by atoms with Crippen molar-refractivity contribution in [3.63, 3.8) is 0 Å². The number of rotatable bonds is 4. The SMILES string of the molecule is Fc1ccccc1CN1CCCN(CCCl)CC1. The predicted molar refractivity (Wildman–Crippen MR) is 73.5 cm³/mol. The molecule has 2 rings (SSSR count). The summed E-state index contributed by atoms with van der Waals surface area (Å²) in [4.78, 5) is 4.71. The Morgan fingerprint density at radius 3 is 2.56 bits per heavy atom. The maximum absolute atomic E-state index is 13.6. The normalized spacial score (nSPS) is 18.8. The quantitative estimate of drug-likeness (QED) is 0.776. The van der Waals surface area contributed by atoms with Crippen LogP contribution in [0, 0.1) is 5.82 Å². The van der Waals surface area contributed by atoms with Crippen LogP contribution in [0.2, 0.25) is 0 Å². The standard InChI is InChI=1S/C14H20ClFN2/c15-6-9-17-7-3-8-18(11-10-17)12-13-4-1-2-5-14(13)16/h1-2,4-5H,3,6-12H2. The number of nitrogens with zero attached hydrogens (tertiary/aromatic N) is 2. The molecule has 1 heterocycles. The minimum absolute atomic E-state index is 0.0978. The molecule has 2 nitrogen and oxygen atoms in total. The second kappa shape index (κ2) is 7.07. The van der Waals surface area contributed by atoms with E-state index in [1.807, 2.05) is 12.1 Å². The van der Waals surface area contributed by atoms with Crippen molar-refractivity contribution < 1.29 is 4.39 Å². The lowest BCUT2D eigenvalue weighted by Crippen LogP contribution is -2.31. The van der Waals surface area contributed by atoms with Crippen molar-refractivity contribution in [1.82, 2.24) is 9.80 Å². The summed E-state index contributed by atoms with van der Waals surface area (Å²) in [6.45, 7) is 5.82. The van der Waals surface area contributed by atoms with E-state index in [1.165, 1.54) is 6.07 Å².